The van der Waals surface area contributed by atoms with Crippen LogP contribution in [0, 0.1) is 11.2 Å². The molecule has 0 amide bonds. The van der Waals surface area contributed by atoms with Gasteiger partial charge in [0.05, 0.1) is 0 Å². The Hall–Kier alpha value is -2.09. The van der Waals surface area contributed by atoms with Crippen molar-refractivity contribution in [2.75, 3.05) is 13.1 Å². The Labute approximate surface area is 181 Å². The lowest BCUT2D eigenvalue weighted by Gasteiger charge is -2.46. The van der Waals surface area contributed by atoms with Crippen molar-refractivity contribution in [2.45, 2.75) is 70.1 Å². The molecule has 3 aliphatic rings. The molecular weight excluding hydrogens is 369 g/mol. The molecule has 158 valence electrons. The second-order valence-corrected chi connectivity index (χ2v) is 10.4. The number of fused-ring (bicyclic) bond motifs is 1. The van der Waals surface area contributed by atoms with E-state index in [-0.39, 0.29) is 5.82 Å². The Morgan fingerprint density at radius 1 is 0.900 bits per heavy atom. The van der Waals surface area contributed by atoms with Crippen LogP contribution in [0.3, 0.4) is 0 Å². The number of likely N-dealkylation sites (tertiary alicyclic amines) is 1. The highest BCUT2D eigenvalue weighted by atomic mass is 19.1. The monoisotopic (exact) mass is 403 g/mol. The zero-order valence-electron chi connectivity index (χ0n) is 18.4. The molecule has 30 heavy (non-hydrogen) atoms. The Kier molecular flexibility index (Phi) is 5.00. The van der Waals surface area contributed by atoms with Crippen molar-refractivity contribution in [3.63, 3.8) is 0 Å². The van der Waals surface area contributed by atoms with Crippen LogP contribution in [-0.4, -0.2) is 18.0 Å². The van der Waals surface area contributed by atoms with E-state index >= 15 is 0 Å². The number of aryl methyl sites for hydroxylation is 1. The van der Waals surface area contributed by atoms with Crippen molar-refractivity contribution in [1.82, 2.24) is 4.90 Å². The van der Waals surface area contributed by atoms with Gasteiger partial charge in [0.15, 0.2) is 0 Å². The van der Waals surface area contributed by atoms with Crippen molar-refractivity contribution in [3.8, 4) is 0 Å². The van der Waals surface area contributed by atoms with Gasteiger partial charge in [-0.1, -0.05) is 56.7 Å². The number of halogens is 1. The number of benzene rings is 2. The molecule has 1 heterocycles. The molecule has 5 rings (SSSR count). The molecule has 1 saturated heterocycles. The largest absolute Gasteiger partial charge is 0.371 e. The van der Waals surface area contributed by atoms with Gasteiger partial charge in [0.25, 0.3) is 0 Å². The van der Waals surface area contributed by atoms with E-state index in [2.05, 4.69) is 42.7 Å². The van der Waals surface area contributed by atoms with Crippen molar-refractivity contribution < 1.29 is 4.39 Å². The summed E-state index contributed by atoms with van der Waals surface area (Å²) in [6.45, 7) is 9.03. The number of rotatable bonds is 3. The summed E-state index contributed by atoms with van der Waals surface area (Å²) >= 11 is 0. The summed E-state index contributed by atoms with van der Waals surface area (Å²) in [5.41, 5.74) is 7.29. The molecule has 2 aliphatic carbocycles. The number of hydrogen-bond acceptors (Lipinski definition) is 1. The van der Waals surface area contributed by atoms with Gasteiger partial charge in [0.1, 0.15) is 5.82 Å². The summed E-state index contributed by atoms with van der Waals surface area (Å²) in [6.07, 6.45) is 11.1. The molecular formula is C28H34FN. The maximum absolute atomic E-state index is 13.5. The van der Waals surface area contributed by atoms with E-state index in [1.54, 1.807) is 12.1 Å². The van der Waals surface area contributed by atoms with Gasteiger partial charge in [-0.2, -0.15) is 0 Å². The molecule has 1 nitrogen and oxygen atoms in total. The Balaban J connectivity index is 1.23. The summed E-state index contributed by atoms with van der Waals surface area (Å²) in [6, 6.07) is 14.7. The average molecular weight is 404 g/mol. The van der Waals surface area contributed by atoms with E-state index in [0.29, 0.717) is 10.8 Å². The first kappa shape index (κ1) is 19.8. The molecule has 1 saturated carbocycles. The molecule has 2 fully saturated rings. The molecule has 0 bridgehead atoms. The Morgan fingerprint density at radius 2 is 1.60 bits per heavy atom. The predicted octanol–water partition coefficient (Wildman–Crippen LogP) is 6.90. The van der Waals surface area contributed by atoms with Crippen LogP contribution in [-0.2, 0) is 18.3 Å². The van der Waals surface area contributed by atoms with E-state index in [9.17, 15) is 4.39 Å². The summed E-state index contributed by atoms with van der Waals surface area (Å²) < 4.78 is 13.5. The highest BCUT2D eigenvalue weighted by Gasteiger charge is 2.38. The fraction of sp³-hybridized carbons (Fsp3) is 0.500. The van der Waals surface area contributed by atoms with Gasteiger partial charge in [0, 0.05) is 18.8 Å². The van der Waals surface area contributed by atoms with Gasteiger partial charge in [0.2, 0.25) is 0 Å². The first-order valence-electron chi connectivity index (χ1n) is 11.8. The summed E-state index contributed by atoms with van der Waals surface area (Å²) in [5, 5.41) is 0. The van der Waals surface area contributed by atoms with Gasteiger partial charge in [-0.05, 0) is 90.2 Å². The van der Waals surface area contributed by atoms with Crippen LogP contribution in [0.5, 0.6) is 0 Å². The second kappa shape index (κ2) is 7.55. The molecule has 2 heteroatoms. The standard InChI is InChI=1S/C28H34FN/c1-21(22-5-8-25(9-6-22)27(2)12-3-4-13-27)30-17-15-28(16-18-30)14-11-23-19-26(29)10-7-24(23)20-28/h5-10,19H,1,3-4,11-18,20H2,2H3. The second-order valence-electron chi connectivity index (χ2n) is 10.4. The lowest BCUT2D eigenvalue weighted by molar-refractivity contribution is 0.123. The van der Waals surface area contributed by atoms with E-state index in [4.69, 9.17) is 0 Å². The van der Waals surface area contributed by atoms with Crippen LogP contribution in [0.2, 0.25) is 0 Å². The van der Waals surface area contributed by atoms with Gasteiger partial charge >= 0.3 is 0 Å². The third kappa shape index (κ3) is 3.59. The van der Waals surface area contributed by atoms with Crippen molar-refractivity contribution in [1.29, 1.82) is 0 Å². The lowest BCUT2D eigenvalue weighted by Crippen LogP contribution is -2.42. The zero-order valence-corrected chi connectivity index (χ0v) is 18.4. The molecule has 0 aromatic heterocycles. The zero-order chi connectivity index (χ0) is 20.8. The van der Waals surface area contributed by atoms with Gasteiger partial charge in [-0.15, -0.1) is 0 Å². The Morgan fingerprint density at radius 3 is 2.30 bits per heavy atom. The van der Waals surface area contributed by atoms with E-state index in [1.807, 2.05) is 6.07 Å². The first-order valence-corrected chi connectivity index (χ1v) is 11.8. The average Bonchev–Trinajstić information content (AvgIpc) is 3.22. The van der Waals surface area contributed by atoms with Crippen LogP contribution in [0.4, 0.5) is 4.39 Å². The first-order chi connectivity index (χ1) is 14.5. The molecule has 1 spiro atoms. The molecule has 0 radical (unpaired) electrons. The van der Waals surface area contributed by atoms with Crippen LogP contribution in [0.1, 0.15) is 74.1 Å². The van der Waals surface area contributed by atoms with Crippen LogP contribution < -0.4 is 0 Å². The maximum Gasteiger partial charge on any atom is 0.123 e. The molecule has 1 aliphatic heterocycles. The number of piperidine rings is 1. The highest BCUT2D eigenvalue weighted by Crippen LogP contribution is 2.45. The highest BCUT2D eigenvalue weighted by molar-refractivity contribution is 5.62. The summed E-state index contributed by atoms with van der Waals surface area (Å²) in [7, 11) is 0. The number of nitrogens with zero attached hydrogens (tertiary/aromatic N) is 1. The fourth-order valence-electron chi connectivity index (χ4n) is 6.26. The summed E-state index contributed by atoms with van der Waals surface area (Å²) in [5.74, 6) is -0.0937. The number of hydrogen-bond donors (Lipinski definition) is 0. The minimum Gasteiger partial charge on any atom is -0.371 e. The van der Waals surface area contributed by atoms with E-state index in [1.165, 1.54) is 72.9 Å². The van der Waals surface area contributed by atoms with Gasteiger partial charge in [-0.25, -0.2) is 4.39 Å². The van der Waals surface area contributed by atoms with Crippen molar-refractivity contribution >= 4 is 5.70 Å². The van der Waals surface area contributed by atoms with E-state index in [0.717, 1.165) is 25.9 Å². The normalized spacial score (nSPS) is 22.1. The quantitative estimate of drug-likeness (QED) is 0.539. The maximum atomic E-state index is 13.5. The fourth-order valence-corrected chi connectivity index (χ4v) is 6.26. The minimum atomic E-state index is -0.0937. The van der Waals surface area contributed by atoms with Crippen LogP contribution in [0.15, 0.2) is 49.0 Å². The smallest absolute Gasteiger partial charge is 0.123 e. The molecule has 2 aromatic carbocycles. The molecule has 2 aromatic rings. The van der Waals surface area contributed by atoms with Crippen LogP contribution in [0.25, 0.3) is 5.70 Å². The predicted molar refractivity (Wildman–Crippen MR) is 123 cm³/mol. The van der Waals surface area contributed by atoms with Crippen molar-refractivity contribution in [2.24, 2.45) is 5.41 Å². The topological polar surface area (TPSA) is 3.24 Å². The summed E-state index contributed by atoms with van der Waals surface area (Å²) in [4.78, 5) is 2.48. The molecule has 0 atom stereocenters. The van der Waals surface area contributed by atoms with Gasteiger partial charge in [-0.3, -0.25) is 0 Å². The van der Waals surface area contributed by atoms with Gasteiger partial charge < -0.3 is 4.90 Å². The minimum absolute atomic E-state index is 0.0937. The third-order valence-corrected chi connectivity index (χ3v) is 8.49. The lowest BCUT2D eigenvalue weighted by atomic mass is 9.66. The van der Waals surface area contributed by atoms with Crippen molar-refractivity contribution in [3.05, 3.63) is 77.1 Å². The Bertz CT molecular complexity index is 928. The van der Waals surface area contributed by atoms with Crippen LogP contribution >= 0.6 is 0 Å². The molecule has 0 unspecified atom stereocenters. The third-order valence-electron chi connectivity index (χ3n) is 8.49. The molecule has 0 N–H and O–H groups in total. The van der Waals surface area contributed by atoms with E-state index < -0.39 is 0 Å². The SMILES string of the molecule is C=C(c1ccc(C2(C)CCCC2)cc1)N1CCC2(CCc3cc(F)ccc3C2)CC1.